The van der Waals surface area contributed by atoms with E-state index in [2.05, 4.69) is 12.2 Å². The van der Waals surface area contributed by atoms with Crippen LogP contribution in [0, 0.1) is 0 Å². The number of benzene rings is 1. The monoisotopic (exact) mass is 195 g/mol. The Bertz CT molecular complexity index is 258. The van der Waals surface area contributed by atoms with Crippen molar-refractivity contribution >= 4 is 0 Å². The maximum absolute atomic E-state index is 9.08. The molecular weight excluding hydrogens is 178 g/mol. The zero-order chi connectivity index (χ0) is 10.4. The van der Waals surface area contributed by atoms with Crippen LogP contribution in [0.15, 0.2) is 24.3 Å². The van der Waals surface area contributed by atoms with Gasteiger partial charge in [-0.25, -0.2) is 0 Å². The summed E-state index contributed by atoms with van der Waals surface area (Å²) in [4.78, 5) is 0. The van der Waals surface area contributed by atoms with Crippen molar-refractivity contribution in [3.63, 3.8) is 0 Å². The average molecular weight is 195 g/mol. The number of rotatable bonds is 5. The Morgan fingerprint density at radius 1 is 1.29 bits per heavy atom. The molecule has 0 saturated carbocycles. The van der Waals surface area contributed by atoms with Gasteiger partial charge in [-0.2, -0.15) is 0 Å². The molecule has 1 unspecified atom stereocenters. The predicted molar refractivity (Wildman–Crippen MR) is 56.4 cm³/mol. The highest BCUT2D eigenvalue weighted by Crippen LogP contribution is 2.10. The second-order valence-electron chi connectivity index (χ2n) is 3.45. The number of hydrogen-bond acceptors (Lipinski definition) is 3. The van der Waals surface area contributed by atoms with Gasteiger partial charge in [0.05, 0.1) is 6.61 Å². The lowest BCUT2D eigenvalue weighted by atomic mass is 10.1. The second-order valence-corrected chi connectivity index (χ2v) is 3.45. The minimum absolute atomic E-state index is 0.167. The summed E-state index contributed by atoms with van der Waals surface area (Å²) in [5.41, 5.74) is 1.18. The van der Waals surface area contributed by atoms with Gasteiger partial charge in [0.1, 0.15) is 5.75 Å². The van der Waals surface area contributed by atoms with E-state index in [0.717, 1.165) is 6.42 Å². The zero-order valence-corrected chi connectivity index (χ0v) is 8.40. The molecule has 0 bridgehead atoms. The summed E-state index contributed by atoms with van der Waals surface area (Å²) < 4.78 is 0. The molecule has 1 atom stereocenters. The van der Waals surface area contributed by atoms with Gasteiger partial charge < -0.3 is 15.5 Å². The van der Waals surface area contributed by atoms with E-state index in [4.69, 9.17) is 10.2 Å². The molecule has 0 aromatic heterocycles. The number of phenolic OH excluding ortho intramolecular Hbond substituents is 1. The highest BCUT2D eigenvalue weighted by molar-refractivity contribution is 5.26. The molecule has 0 saturated heterocycles. The fraction of sp³-hybridized carbons (Fsp3) is 0.455. The number of phenols is 1. The van der Waals surface area contributed by atoms with Crippen LogP contribution in [0.4, 0.5) is 0 Å². The van der Waals surface area contributed by atoms with Gasteiger partial charge >= 0.3 is 0 Å². The first-order valence-corrected chi connectivity index (χ1v) is 4.84. The Kier molecular flexibility index (Phi) is 4.43. The number of hydrogen-bond donors (Lipinski definition) is 3. The molecule has 3 heteroatoms. The summed E-state index contributed by atoms with van der Waals surface area (Å²) in [7, 11) is 0. The predicted octanol–water partition coefficient (Wildman–Crippen LogP) is 0.905. The van der Waals surface area contributed by atoms with Gasteiger partial charge in [-0.05, 0) is 31.0 Å². The number of aliphatic hydroxyl groups is 1. The lowest BCUT2D eigenvalue weighted by Crippen LogP contribution is -2.30. The van der Waals surface area contributed by atoms with E-state index < -0.39 is 0 Å². The molecule has 0 fully saturated rings. The first-order chi connectivity index (χ1) is 6.72. The Labute approximate surface area is 84.4 Å². The van der Waals surface area contributed by atoms with Crippen molar-refractivity contribution in [1.29, 1.82) is 0 Å². The summed E-state index contributed by atoms with van der Waals surface area (Å²) in [6.45, 7) is 2.86. The SMILES string of the molecule is CC(Cc1ccc(O)cc1)NCCO. The maximum Gasteiger partial charge on any atom is 0.115 e. The highest BCUT2D eigenvalue weighted by atomic mass is 16.3. The van der Waals surface area contributed by atoms with Crippen LogP contribution < -0.4 is 5.32 Å². The quantitative estimate of drug-likeness (QED) is 0.654. The van der Waals surface area contributed by atoms with Crippen LogP contribution in [0.3, 0.4) is 0 Å². The van der Waals surface area contributed by atoms with E-state index in [1.54, 1.807) is 12.1 Å². The van der Waals surface area contributed by atoms with Crippen LogP contribution in [0.5, 0.6) is 5.75 Å². The summed E-state index contributed by atoms with van der Waals surface area (Å²) in [6, 6.07) is 7.54. The molecule has 0 aliphatic rings. The molecule has 0 spiro atoms. The van der Waals surface area contributed by atoms with Crippen LogP contribution in [-0.2, 0) is 6.42 Å². The van der Waals surface area contributed by atoms with Crippen molar-refractivity contribution in [3.05, 3.63) is 29.8 Å². The number of nitrogens with one attached hydrogen (secondary N) is 1. The Morgan fingerprint density at radius 3 is 2.50 bits per heavy atom. The van der Waals surface area contributed by atoms with Crippen LogP contribution in [0.2, 0.25) is 0 Å². The molecule has 1 aromatic rings. The van der Waals surface area contributed by atoms with E-state index in [9.17, 15) is 0 Å². The fourth-order valence-electron chi connectivity index (χ4n) is 1.37. The summed E-state index contributed by atoms with van der Waals surface area (Å²) >= 11 is 0. The molecule has 78 valence electrons. The summed E-state index contributed by atoms with van der Waals surface area (Å²) in [6.07, 6.45) is 0.903. The lowest BCUT2D eigenvalue weighted by Gasteiger charge is -2.12. The van der Waals surface area contributed by atoms with E-state index in [0.29, 0.717) is 18.3 Å². The summed E-state index contributed by atoms with van der Waals surface area (Å²) in [5, 5.41) is 20.9. The fourth-order valence-corrected chi connectivity index (χ4v) is 1.37. The van der Waals surface area contributed by atoms with Gasteiger partial charge in [-0.1, -0.05) is 12.1 Å². The summed E-state index contributed by atoms with van der Waals surface area (Å²) in [5.74, 6) is 0.296. The Morgan fingerprint density at radius 2 is 1.93 bits per heavy atom. The van der Waals surface area contributed by atoms with Crippen LogP contribution in [-0.4, -0.2) is 29.4 Å². The molecule has 0 aliphatic carbocycles. The van der Waals surface area contributed by atoms with Crippen molar-refractivity contribution in [1.82, 2.24) is 5.32 Å². The molecule has 0 heterocycles. The van der Waals surface area contributed by atoms with Gasteiger partial charge in [-0.15, -0.1) is 0 Å². The van der Waals surface area contributed by atoms with E-state index >= 15 is 0 Å². The third-order valence-corrected chi connectivity index (χ3v) is 2.08. The van der Waals surface area contributed by atoms with Gasteiger partial charge in [0.15, 0.2) is 0 Å². The van der Waals surface area contributed by atoms with Crippen molar-refractivity contribution < 1.29 is 10.2 Å². The van der Waals surface area contributed by atoms with Crippen molar-refractivity contribution in [2.45, 2.75) is 19.4 Å². The first-order valence-electron chi connectivity index (χ1n) is 4.84. The van der Waals surface area contributed by atoms with Crippen molar-refractivity contribution in [2.24, 2.45) is 0 Å². The zero-order valence-electron chi connectivity index (χ0n) is 8.40. The van der Waals surface area contributed by atoms with Crippen LogP contribution >= 0.6 is 0 Å². The normalized spacial score (nSPS) is 12.7. The van der Waals surface area contributed by atoms with E-state index in [1.165, 1.54) is 5.56 Å². The van der Waals surface area contributed by atoms with Crippen LogP contribution in [0.25, 0.3) is 0 Å². The second kappa shape index (κ2) is 5.62. The van der Waals surface area contributed by atoms with Gasteiger partial charge in [0, 0.05) is 12.6 Å². The Hall–Kier alpha value is -1.06. The molecule has 0 amide bonds. The highest BCUT2D eigenvalue weighted by Gasteiger charge is 2.01. The lowest BCUT2D eigenvalue weighted by molar-refractivity contribution is 0.285. The van der Waals surface area contributed by atoms with E-state index in [1.807, 2.05) is 12.1 Å². The number of aliphatic hydroxyl groups excluding tert-OH is 1. The van der Waals surface area contributed by atoms with Crippen LogP contribution in [0.1, 0.15) is 12.5 Å². The Balaban J connectivity index is 2.39. The minimum Gasteiger partial charge on any atom is -0.508 e. The molecule has 0 aliphatic heterocycles. The largest absolute Gasteiger partial charge is 0.508 e. The standard InChI is InChI=1S/C11H17NO2/c1-9(12-6-7-13)8-10-2-4-11(14)5-3-10/h2-5,9,12-14H,6-8H2,1H3. The van der Waals surface area contributed by atoms with Gasteiger partial charge in [0.25, 0.3) is 0 Å². The van der Waals surface area contributed by atoms with Crippen molar-refractivity contribution in [3.8, 4) is 5.75 Å². The van der Waals surface area contributed by atoms with Crippen molar-refractivity contribution in [2.75, 3.05) is 13.2 Å². The molecule has 14 heavy (non-hydrogen) atoms. The van der Waals surface area contributed by atoms with Gasteiger partial charge in [-0.3, -0.25) is 0 Å². The molecule has 1 rings (SSSR count). The molecule has 3 N–H and O–H groups in total. The molecule has 3 nitrogen and oxygen atoms in total. The number of aromatic hydroxyl groups is 1. The molecule has 0 radical (unpaired) electrons. The topological polar surface area (TPSA) is 52.5 Å². The smallest absolute Gasteiger partial charge is 0.115 e. The minimum atomic E-state index is 0.167. The van der Waals surface area contributed by atoms with Gasteiger partial charge in [0.2, 0.25) is 0 Å². The molecule has 1 aromatic carbocycles. The average Bonchev–Trinajstić information content (AvgIpc) is 2.18. The maximum atomic E-state index is 9.08. The molecular formula is C11H17NO2. The van der Waals surface area contributed by atoms with E-state index in [-0.39, 0.29) is 6.61 Å². The third kappa shape index (κ3) is 3.77. The third-order valence-electron chi connectivity index (χ3n) is 2.08. The first kappa shape index (κ1) is 11.0.